The minimum atomic E-state index is 0.770. The van der Waals surface area contributed by atoms with Crippen molar-refractivity contribution >= 4 is 79.7 Å². The van der Waals surface area contributed by atoms with Gasteiger partial charge in [-0.25, -0.2) is 0 Å². The largest absolute Gasteiger partial charge is 0.370 e. The fourth-order valence-corrected chi connectivity index (χ4v) is 9.09. The van der Waals surface area contributed by atoms with Crippen molar-refractivity contribution in [2.24, 2.45) is 0 Å². The van der Waals surface area contributed by atoms with E-state index in [0.717, 1.165) is 81.5 Å². The summed E-state index contributed by atoms with van der Waals surface area (Å²) in [7, 11) is 0. The number of anilines is 2. The van der Waals surface area contributed by atoms with Crippen molar-refractivity contribution in [1.29, 1.82) is 0 Å². The number of rotatable bonds is 22. The van der Waals surface area contributed by atoms with Gasteiger partial charge in [0.25, 0.3) is 0 Å². The van der Waals surface area contributed by atoms with Crippen LogP contribution in [-0.2, 0) is 0 Å². The first-order chi connectivity index (χ1) is 28.2. The predicted molar refractivity (Wildman–Crippen MR) is 245 cm³/mol. The lowest BCUT2D eigenvalue weighted by Gasteiger charge is -2.25. The summed E-state index contributed by atoms with van der Waals surface area (Å²) < 4.78 is 28.4. The quantitative estimate of drug-likeness (QED) is 0.0495. The first-order valence-corrected chi connectivity index (χ1v) is 23.7. The Hall–Kier alpha value is -4.16. The molecule has 6 rings (SSSR count). The number of hydrogen-bond donors (Lipinski definition) is 0. The third kappa shape index (κ3) is 11.3. The Morgan fingerprint density at radius 3 is 0.912 bits per heavy atom. The van der Waals surface area contributed by atoms with Gasteiger partial charge in [-0.15, -0.1) is 0 Å². The van der Waals surface area contributed by atoms with Crippen molar-refractivity contribution in [2.75, 3.05) is 36.0 Å². The Balaban J connectivity index is 1.23. The molecule has 0 fully saturated rings. The highest BCUT2D eigenvalue weighted by molar-refractivity contribution is 7.00. The summed E-state index contributed by atoms with van der Waals surface area (Å²) in [5.74, 6) is 13.7. The summed E-state index contributed by atoms with van der Waals surface area (Å²) in [6, 6.07) is 12.7. The van der Waals surface area contributed by atoms with Gasteiger partial charge in [-0.2, -0.15) is 26.2 Å². The Labute approximate surface area is 352 Å². The summed E-state index contributed by atoms with van der Waals surface area (Å²) in [6.45, 7) is 13.2. The van der Waals surface area contributed by atoms with Gasteiger partial charge in [-0.1, -0.05) is 128 Å². The highest BCUT2D eigenvalue weighted by Crippen LogP contribution is 2.31. The highest BCUT2D eigenvalue weighted by Gasteiger charge is 2.17. The van der Waals surface area contributed by atoms with Crippen molar-refractivity contribution in [3.63, 3.8) is 0 Å². The molecule has 0 amide bonds. The van der Waals surface area contributed by atoms with Crippen molar-refractivity contribution < 1.29 is 0 Å². The van der Waals surface area contributed by atoms with E-state index in [1.54, 1.807) is 0 Å². The lowest BCUT2D eigenvalue weighted by Crippen LogP contribution is -2.26. The molecule has 3 aromatic carbocycles. The van der Waals surface area contributed by atoms with Crippen LogP contribution < -0.4 is 9.80 Å². The third-order valence-corrected chi connectivity index (χ3v) is 12.3. The molecule has 3 heterocycles. The van der Waals surface area contributed by atoms with Gasteiger partial charge < -0.3 is 9.80 Å². The molecule has 0 aliphatic rings. The molecule has 0 saturated heterocycles. The van der Waals surface area contributed by atoms with Crippen LogP contribution in [0.15, 0.2) is 36.4 Å². The van der Waals surface area contributed by atoms with Crippen LogP contribution in [0.25, 0.3) is 33.1 Å². The molecule has 3 aromatic heterocycles. The summed E-state index contributed by atoms with van der Waals surface area (Å²) in [6.07, 6.45) is 19.9. The normalized spacial score (nSPS) is 11.2. The zero-order valence-corrected chi connectivity index (χ0v) is 36.9. The molecule has 0 saturated carbocycles. The molecule has 0 aliphatic carbocycles. The number of hydrogen-bond acceptors (Lipinski definition) is 11. The Morgan fingerprint density at radius 2 is 0.614 bits per heavy atom. The van der Waals surface area contributed by atoms with Crippen LogP contribution in [0.1, 0.15) is 153 Å². The van der Waals surface area contributed by atoms with E-state index in [4.69, 9.17) is 17.5 Å². The average molecular weight is 819 g/mol. The Morgan fingerprint density at radius 1 is 0.351 bits per heavy atom. The van der Waals surface area contributed by atoms with Gasteiger partial charge in [0, 0.05) is 26.2 Å². The molecule has 0 N–H and O–H groups in total. The maximum atomic E-state index is 4.78. The van der Waals surface area contributed by atoms with Crippen LogP contribution in [0.2, 0.25) is 0 Å². The monoisotopic (exact) mass is 818 g/mol. The van der Waals surface area contributed by atoms with E-state index in [1.165, 1.54) is 149 Å². The summed E-state index contributed by atoms with van der Waals surface area (Å²) >= 11 is 3.72. The number of nitrogens with zero attached hydrogens (tertiary/aromatic N) is 8. The zero-order chi connectivity index (χ0) is 39.7. The summed E-state index contributed by atoms with van der Waals surface area (Å²) in [5, 5.41) is 0. The van der Waals surface area contributed by atoms with E-state index >= 15 is 0 Å². The molecule has 0 spiro atoms. The van der Waals surface area contributed by atoms with Crippen molar-refractivity contribution in [2.45, 2.75) is 130 Å². The molecule has 57 heavy (non-hydrogen) atoms. The number of unbranched alkanes of at least 4 members (excludes halogenated alkanes) is 12. The fraction of sp³-hybridized carbons (Fsp3) is 0.522. The number of benzene rings is 3. The van der Waals surface area contributed by atoms with Gasteiger partial charge in [0.1, 0.15) is 33.1 Å². The van der Waals surface area contributed by atoms with Crippen LogP contribution in [-0.4, -0.2) is 52.4 Å². The molecule has 0 bridgehead atoms. The third-order valence-electron chi connectivity index (χ3n) is 10.7. The molecule has 6 aromatic rings. The summed E-state index contributed by atoms with van der Waals surface area (Å²) in [4.78, 5) is 5.06. The predicted octanol–water partition coefficient (Wildman–Crippen LogP) is 12.4. The second kappa shape index (κ2) is 22.7. The molecule has 300 valence electrons. The minimum absolute atomic E-state index is 0.770. The molecule has 0 atom stereocenters. The smallest absolute Gasteiger partial charge is 0.129 e. The summed E-state index contributed by atoms with van der Waals surface area (Å²) in [5.41, 5.74) is 10.9. The minimum Gasteiger partial charge on any atom is -0.370 e. The topological polar surface area (TPSA) is 83.8 Å². The van der Waals surface area contributed by atoms with Gasteiger partial charge in [0.05, 0.1) is 68.8 Å². The van der Waals surface area contributed by atoms with Crippen LogP contribution in [0.5, 0.6) is 0 Å². The zero-order valence-electron chi connectivity index (χ0n) is 34.4. The number of aromatic nitrogens is 6. The lowest BCUT2D eigenvalue weighted by atomic mass is 10.1. The van der Waals surface area contributed by atoms with E-state index in [9.17, 15) is 0 Å². The molecule has 11 heteroatoms. The second-order valence-electron chi connectivity index (χ2n) is 15.0. The van der Waals surface area contributed by atoms with E-state index in [2.05, 4.69) is 94.2 Å². The van der Waals surface area contributed by atoms with Crippen LogP contribution in [0.3, 0.4) is 0 Å². The van der Waals surface area contributed by atoms with E-state index < -0.39 is 0 Å². The van der Waals surface area contributed by atoms with Gasteiger partial charge >= 0.3 is 0 Å². The maximum Gasteiger partial charge on any atom is 0.129 e. The van der Waals surface area contributed by atoms with Crippen molar-refractivity contribution in [3.8, 4) is 23.7 Å². The SMILES string of the molecule is CCCCCCN(CCCCCC)c1ccc(C#Cc2ccc(C#Cc3ccc(N(CCCCCC)CCCCCC)c4nsnc34)c3nsnc23)c2nsnc12. The van der Waals surface area contributed by atoms with Crippen molar-refractivity contribution in [1.82, 2.24) is 26.2 Å². The van der Waals surface area contributed by atoms with Crippen LogP contribution in [0.4, 0.5) is 11.4 Å². The molecule has 0 radical (unpaired) electrons. The Bertz CT molecular complexity index is 2100. The van der Waals surface area contributed by atoms with Gasteiger partial charge in [0.15, 0.2) is 0 Å². The first-order valence-electron chi connectivity index (χ1n) is 21.5. The highest BCUT2D eigenvalue weighted by atomic mass is 32.1. The van der Waals surface area contributed by atoms with Gasteiger partial charge in [0.2, 0.25) is 0 Å². The lowest BCUT2D eigenvalue weighted by molar-refractivity contribution is 0.609. The fourth-order valence-electron chi connectivity index (χ4n) is 7.38. The van der Waals surface area contributed by atoms with Crippen LogP contribution >= 0.6 is 35.2 Å². The maximum absolute atomic E-state index is 4.78. The second-order valence-corrected chi connectivity index (χ2v) is 16.6. The Kier molecular flexibility index (Phi) is 16.9. The molecule has 0 unspecified atom stereocenters. The van der Waals surface area contributed by atoms with Gasteiger partial charge in [-0.3, -0.25) is 0 Å². The van der Waals surface area contributed by atoms with Gasteiger partial charge in [-0.05, 0) is 62.1 Å². The molecular formula is C46H58N8S3. The van der Waals surface area contributed by atoms with Crippen LogP contribution in [0, 0.1) is 23.7 Å². The standard InChI is InChI=1S/C46H58N8S3/c1-5-9-13-17-31-53(32-18-14-10-6-2)39-29-27-37(43-45(39)51-56-49-43)25-23-35-21-22-36(42-41(35)47-55-48-42)24-26-38-28-30-40(46-44(38)50-57-52-46)54(33-19-15-11-7-3)34-20-16-12-8-4/h21-22,27-30H,5-20,31-34H2,1-4H3. The molecule has 8 nitrogen and oxygen atoms in total. The van der Waals surface area contributed by atoms with E-state index in [1.807, 2.05) is 12.1 Å². The van der Waals surface area contributed by atoms with Crippen molar-refractivity contribution in [3.05, 3.63) is 58.7 Å². The number of fused-ring (bicyclic) bond motifs is 3. The molecular weight excluding hydrogens is 761 g/mol. The van der Waals surface area contributed by atoms with E-state index in [-0.39, 0.29) is 0 Å². The molecule has 0 aliphatic heterocycles. The first kappa shape index (κ1) is 42.4. The average Bonchev–Trinajstić information content (AvgIpc) is 4.04. The van der Waals surface area contributed by atoms with E-state index in [0.29, 0.717) is 0 Å².